The van der Waals surface area contributed by atoms with Gasteiger partial charge in [-0.1, -0.05) is 11.6 Å². The number of pyridine rings is 1. The van der Waals surface area contributed by atoms with Crippen molar-refractivity contribution in [2.45, 2.75) is 6.92 Å². The molecule has 0 spiro atoms. The zero-order valence-electron chi connectivity index (χ0n) is 5.91. The molecule has 0 aliphatic carbocycles. The lowest BCUT2D eigenvalue weighted by Gasteiger charge is -1.96. The Bertz CT molecular complexity index is 275. The first-order valence-corrected chi connectivity index (χ1v) is 3.39. The number of hydrogen-bond donors (Lipinski definition) is 0. The van der Waals surface area contributed by atoms with Crippen LogP contribution < -0.4 is 5.32 Å². The highest BCUT2D eigenvalue weighted by Gasteiger charge is 1.97. The van der Waals surface area contributed by atoms with E-state index in [9.17, 15) is 4.79 Å². The zero-order valence-corrected chi connectivity index (χ0v) is 6.67. The Kier molecular flexibility index (Phi) is 2.44. The molecule has 1 amide bonds. The molecule has 0 aliphatic heterocycles. The second-order valence-electron chi connectivity index (χ2n) is 1.99. The maximum absolute atomic E-state index is 10.5. The highest BCUT2D eigenvalue weighted by molar-refractivity contribution is 6.30. The summed E-state index contributed by atoms with van der Waals surface area (Å²) in [5.74, 6) is -0.255. The van der Waals surface area contributed by atoms with Gasteiger partial charge in [-0.3, -0.25) is 9.78 Å². The lowest BCUT2D eigenvalue weighted by Crippen LogP contribution is -2.04. The van der Waals surface area contributed by atoms with Gasteiger partial charge in [0.2, 0.25) is 5.91 Å². The van der Waals surface area contributed by atoms with Crippen LogP contribution in [0.2, 0.25) is 5.02 Å². The van der Waals surface area contributed by atoms with Crippen LogP contribution in [-0.4, -0.2) is 10.9 Å². The van der Waals surface area contributed by atoms with Gasteiger partial charge >= 0.3 is 0 Å². The number of carbonyl (C=O) groups is 1. The Morgan fingerprint density at radius 1 is 1.64 bits per heavy atom. The molecule has 57 valence electrons. The van der Waals surface area contributed by atoms with Gasteiger partial charge in [-0.25, -0.2) is 5.32 Å². The van der Waals surface area contributed by atoms with Crippen LogP contribution in [0.1, 0.15) is 6.92 Å². The third kappa shape index (κ3) is 2.55. The Morgan fingerprint density at radius 3 is 2.91 bits per heavy atom. The molecule has 1 aromatic rings. The summed E-state index contributed by atoms with van der Waals surface area (Å²) in [4.78, 5) is 14.2. The predicted octanol–water partition coefficient (Wildman–Crippen LogP) is 1.52. The van der Waals surface area contributed by atoms with Gasteiger partial charge in [0, 0.05) is 13.1 Å². The molecule has 0 bridgehead atoms. The molecule has 0 fully saturated rings. The van der Waals surface area contributed by atoms with Gasteiger partial charge < -0.3 is 0 Å². The number of nitrogens with zero attached hydrogens (tertiary/aromatic N) is 2. The molecule has 0 N–H and O–H groups in total. The fourth-order valence-corrected chi connectivity index (χ4v) is 0.812. The van der Waals surface area contributed by atoms with Gasteiger partial charge in [0.25, 0.3) is 0 Å². The fraction of sp³-hybridized carbons (Fsp3) is 0.143. The molecule has 0 aliphatic rings. The Labute approximate surface area is 69.4 Å². The zero-order chi connectivity index (χ0) is 8.27. The van der Waals surface area contributed by atoms with Crippen molar-refractivity contribution >= 4 is 23.2 Å². The van der Waals surface area contributed by atoms with Crippen LogP contribution in [0.5, 0.6) is 0 Å². The SMILES string of the molecule is CC(=O)[N]c1cncc(Cl)c1. The number of rotatable bonds is 1. The Balaban J connectivity index is 2.79. The van der Waals surface area contributed by atoms with Gasteiger partial charge in [-0.05, 0) is 6.07 Å². The summed E-state index contributed by atoms with van der Waals surface area (Å²) >= 11 is 5.59. The Morgan fingerprint density at radius 2 is 2.36 bits per heavy atom. The number of amides is 1. The van der Waals surface area contributed by atoms with E-state index in [0.717, 1.165) is 0 Å². The molecule has 0 saturated heterocycles. The summed E-state index contributed by atoms with van der Waals surface area (Å²) in [5, 5.41) is 4.11. The van der Waals surface area contributed by atoms with Gasteiger partial charge in [0.1, 0.15) is 0 Å². The lowest BCUT2D eigenvalue weighted by atomic mass is 10.4. The van der Waals surface area contributed by atoms with E-state index in [0.29, 0.717) is 10.7 Å². The van der Waals surface area contributed by atoms with Crippen LogP contribution in [-0.2, 0) is 4.79 Å². The van der Waals surface area contributed by atoms with Crippen molar-refractivity contribution in [3.63, 3.8) is 0 Å². The van der Waals surface area contributed by atoms with Crippen molar-refractivity contribution in [1.29, 1.82) is 0 Å². The number of hydrogen-bond acceptors (Lipinski definition) is 2. The molecule has 0 aromatic carbocycles. The number of aromatic nitrogens is 1. The molecule has 1 heterocycles. The molecule has 1 radical (unpaired) electrons. The number of halogens is 1. The summed E-state index contributed by atoms with van der Waals surface area (Å²) in [5.41, 5.74) is 0.491. The van der Waals surface area contributed by atoms with Gasteiger partial charge in [-0.2, -0.15) is 0 Å². The molecular formula is C7H6ClN2O. The smallest absolute Gasteiger partial charge is 0.243 e. The predicted molar refractivity (Wildman–Crippen MR) is 41.7 cm³/mol. The number of carbonyl (C=O) groups excluding carboxylic acids is 1. The second-order valence-corrected chi connectivity index (χ2v) is 2.43. The minimum Gasteiger partial charge on any atom is -0.273 e. The quantitative estimate of drug-likeness (QED) is 0.640. The van der Waals surface area contributed by atoms with Crippen LogP contribution >= 0.6 is 11.6 Å². The van der Waals surface area contributed by atoms with Crippen LogP contribution in [0, 0.1) is 0 Å². The molecule has 3 nitrogen and oxygen atoms in total. The first-order valence-electron chi connectivity index (χ1n) is 3.01. The van der Waals surface area contributed by atoms with Gasteiger partial charge in [0.15, 0.2) is 0 Å². The average molecular weight is 170 g/mol. The third-order valence-corrected chi connectivity index (χ3v) is 1.18. The first kappa shape index (κ1) is 8.01. The second kappa shape index (κ2) is 3.34. The van der Waals surface area contributed by atoms with E-state index in [4.69, 9.17) is 11.6 Å². The molecule has 0 saturated carbocycles. The highest BCUT2D eigenvalue weighted by atomic mass is 35.5. The van der Waals surface area contributed by atoms with Crippen molar-refractivity contribution in [1.82, 2.24) is 10.3 Å². The minimum atomic E-state index is -0.255. The average Bonchev–Trinajstić information content (AvgIpc) is 1.85. The van der Waals surface area contributed by atoms with E-state index < -0.39 is 0 Å². The standard InChI is InChI=1S/C7H6ClN2O/c1-5(11)10-7-2-6(8)3-9-4-7/h2-4H,1H3. The molecule has 4 heteroatoms. The molecule has 1 rings (SSSR count). The molecule has 0 unspecified atom stereocenters. The first-order chi connectivity index (χ1) is 5.18. The van der Waals surface area contributed by atoms with E-state index in [1.165, 1.54) is 19.3 Å². The van der Waals surface area contributed by atoms with Gasteiger partial charge in [0.05, 0.1) is 16.9 Å². The van der Waals surface area contributed by atoms with E-state index in [2.05, 4.69) is 10.3 Å². The summed E-state index contributed by atoms with van der Waals surface area (Å²) in [6.45, 7) is 1.38. The summed E-state index contributed by atoms with van der Waals surface area (Å²) in [7, 11) is 0. The monoisotopic (exact) mass is 169 g/mol. The van der Waals surface area contributed by atoms with Crippen molar-refractivity contribution in [2.75, 3.05) is 0 Å². The lowest BCUT2D eigenvalue weighted by molar-refractivity contribution is -0.118. The fourth-order valence-electron chi connectivity index (χ4n) is 0.644. The van der Waals surface area contributed by atoms with Gasteiger partial charge in [-0.15, -0.1) is 0 Å². The van der Waals surface area contributed by atoms with E-state index in [1.54, 1.807) is 6.07 Å². The van der Waals surface area contributed by atoms with Crippen LogP contribution in [0.15, 0.2) is 18.5 Å². The largest absolute Gasteiger partial charge is 0.273 e. The molecule has 11 heavy (non-hydrogen) atoms. The maximum atomic E-state index is 10.5. The van der Waals surface area contributed by atoms with Crippen molar-refractivity contribution in [3.05, 3.63) is 23.5 Å². The van der Waals surface area contributed by atoms with Crippen molar-refractivity contribution in [2.24, 2.45) is 0 Å². The minimum absolute atomic E-state index is 0.255. The third-order valence-electron chi connectivity index (χ3n) is 0.977. The summed E-state index contributed by atoms with van der Waals surface area (Å²) in [6.07, 6.45) is 2.97. The van der Waals surface area contributed by atoms with Crippen molar-refractivity contribution in [3.8, 4) is 0 Å². The van der Waals surface area contributed by atoms with Crippen molar-refractivity contribution < 1.29 is 4.79 Å². The topological polar surface area (TPSA) is 44.1 Å². The Hall–Kier alpha value is -1.09. The summed E-state index contributed by atoms with van der Waals surface area (Å²) in [6, 6.07) is 1.58. The highest BCUT2D eigenvalue weighted by Crippen LogP contribution is 2.12. The van der Waals surface area contributed by atoms with Crippen LogP contribution in [0.4, 0.5) is 5.69 Å². The van der Waals surface area contributed by atoms with Crippen LogP contribution in [0.3, 0.4) is 0 Å². The molecule has 0 atom stereocenters. The van der Waals surface area contributed by atoms with E-state index in [1.807, 2.05) is 0 Å². The molecule has 1 aromatic heterocycles. The maximum Gasteiger partial charge on any atom is 0.243 e. The van der Waals surface area contributed by atoms with E-state index >= 15 is 0 Å². The van der Waals surface area contributed by atoms with E-state index in [-0.39, 0.29) is 5.91 Å². The normalized spacial score (nSPS) is 9.27. The van der Waals surface area contributed by atoms with Crippen LogP contribution in [0.25, 0.3) is 0 Å². The summed E-state index contributed by atoms with van der Waals surface area (Å²) < 4.78 is 0. The molecular weight excluding hydrogens is 164 g/mol.